The minimum Gasteiger partial charge on any atom is -0.364 e. The third kappa shape index (κ3) is 3.00. The Morgan fingerprint density at radius 1 is 0.917 bits per heavy atom. The fourth-order valence-electron chi connectivity index (χ4n) is 2.36. The second kappa shape index (κ2) is 6.33. The van der Waals surface area contributed by atoms with Crippen LogP contribution in [-0.4, -0.2) is 24.9 Å². The molecule has 0 atom stereocenters. The first-order valence-electron chi connectivity index (χ1n) is 7.55. The number of nitrogens with zero attached hydrogens (tertiary/aromatic N) is 4. The molecular formula is C17H15N7. The number of aromatic nitrogens is 5. The summed E-state index contributed by atoms with van der Waals surface area (Å²) in [5, 5.41) is 6.44. The van der Waals surface area contributed by atoms with Crippen LogP contribution in [0.25, 0.3) is 11.2 Å². The average Bonchev–Trinajstić information content (AvgIpc) is 3.04. The summed E-state index contributed by atoms with van der Waals surface area (Å²) < 4.78 is 0. The smallest absolute Gasteiger partial charge is 0.208 e. The zero-order chi connectivity index (χ0) is 16.2. The van der Waals surface area contributed by atoms with Gasteiger partial charge in [-0.15, -0.1) is 0 Å². The van der Waals surface area contributed by atoms with Crippen molar-refractivity contribution in [3.05, 3.63) is 66.6 Å². The van der Waals surface area contributed by atoms with Crippen molar-refractivity contribution in [1.29, 1.82) is 0 Å². The average molecular weight is 317 g/mol. The summed E-state index contributed by atoms with van der Waals surface area (Å²) in [6, 6.07) is 15.8. The number of imidazole rings is 1. The third-order valence-electron chi connectivity index (χ3n) is 3.50. The first-order valence-corrected chi connectivity index (χ1v) is 7.55. The molecule has 7 nitrogen and oxygen atoms in total. The van der Waals surface area contributed by atoms with Crippen LogP contribution in [0, 0.1) is 0 Å². The molecule has 0 saturated carbocycles. The van der Waals surface area contributed by atoms with E-state index in [0.717, 1.165) is 5.52 Å². The number of nitrogens with one attached hydrogen (secondary N) is 3. The van der Waals surface area contributed by atoms with Gasteiger partial charge in [-0.05, 0) is 17.7 Å². The van der Waals surface area contributed by atoms with Gasteiger partial charge in [0.15, 0.2) is 11.5 Å². The van der Waals surface area contributed by atoms with Crippen molar-refractivity contribution in [2.75, 3.05) is 10.6 Å². The van der Waals surface area contributed by atoms with E-state index in [1.165, 1.54) is 11.9 Å². The van der Waals surface area contributed by atoms with Crippen molar-refractivity contribution in [2.45, 2.75) is 6.54 Å². The summed E-state index contributed by atoms with van der Waals surface area (Å²) in [7, 11) is 0. The molecule has 0 aliphatic heterocycles. The van der Waals surface area contributed by atoms with E-state index in [1.54, 1.807) is 6.20 Å². The molecule has 7 heteroatoms. The zero-order valence-electron chi connectivity index (χ0n) is 12.8. The first-order chi connectivity index (χ1) is 11.9. The number of pyridine rings is 1. The Kier molecular flexibility index (Phi) is 3.73. The quantitative estimate of drug-likeness (QED) is 0.524. The second-order valence-corrected chi connectivity index (χ2v) is 5.19. The van der Waals surface area contributed by atoms with E-state index < -0.39 is 0 Å². The van der Waals surface area contributed by atoms with E-state index in [2.05, 4.69) is 47.7 Å². The van der Waals surface area contributed by atoms with Crippen LogP contribution < -0.4 is 10.6 Å². The topological polar surface area (TPSA) is 91.4 Å². The van der Waals surface area contributed by atoms with Gasteiger partial charge < -0.3 is 15.6 Å². The standard InChI is InChI=1S/C17H15N7/c1-2-6-12(7-3-1)10-19-15-14-16(21-11-20-15)24-17(23-14)22-13-8-4-5-9-18-13/h1-9,11H,10H2,(H3,18,19,20,21,22,23,24). The van der Waals surface area contributed by atoms with Gasteiger partial charge in [-0.2, -0.15) is 4.98 Å². The molecule has 0 spiro atoms. The van der Waals surface area contributed by atoms with Gasteiger partial charge in [-0.1, -0.05) is 36.4 Å². The highest BCUT2D eigenvalue weighted by Gasteiger charge is 2.10. The minimum absolute atomic E-state index is 0.576. The van der Waals surface area contributed by atoms with E-state index in [4.69, 9.17) is 0 Å². The number of fused-ring (bicyclic) bond motifs is 1. The van der Waals surface area contributed by atoms with Gasteiger partial charge in [0.2, 0.25) is 5.95 Å². The fourth-order valence-corrected chi connectivity index (χ4v) is 2.36. The number of hydrogen-bond acceptors (Lipinski definition) is 6. The Morgan fingerprint density at radius 3 is 2.62 bits per heavy atom. The lowest BCUT2D eigenvalue weighted by Gasteiger charge is -2.05. The Balaban J connectivity index is 1.58. The highest BCUT2D eigenvalue weighted by atomic mass is 15.2. The van der Waals surface area contributed by atoms with Crippen LogP contribution in [0.3, 0.4) is 0 Å². The SMILES string of the molecule is c1ccc(CNc2ncnc3nc(Nc4ccccn4)[nH]c23)cc1. The van der Waals surface area contributed by atoms with Gasteiger partial charge in [0.1, 0.15) is 17.7 Å². The predicted molar refractivity (Wildman–Crippen MR) is 93.0 cm³/mol. The van der Waals surface area contributed by atoms with Crippen LogP contribution >= 0.6 is 0 Å². The van der Waals surface area contributed by atoms with Crippen LogP contribution in [0.1, 0.15) is 5.56 Å². The molecular weight excluding hydrogens is 302 g/mol. The maximum Gasteiger partial charge on any atom is 0.208 e. The Morgan fingerprint density at radius 2 is 1.79 bits per heavy atom. The van der Waals surface area contributed by atoms with Crippen molar-refractivity contribution in [1.82, 2.24) is 24.9 Å². The van der Waals surface area contributed by atoms with Crippen LogP contribution in [0.15, 0.2) is 61.1 Å². The van der Waals surface area contributed by atoms with Gasteiger partial charge in [0.25, 0.3) is 0 Å². The number of anilines is 3. The molecule has 3 N–H and O–H groups in total. The Labute approximate surface area is 138 Å². The molecule has 0 aliphatic rings. The van der Waals surface area contributed by atoms with Gasteiger partial charge in [-0.25, -0.2) is 15.0 Å². The predicted octanol–water partition coefficient (Wildman–Crippen LogP) is 3.10. The van der Waals surface area contributed by atoms with Gasteiger partial charge in [0, 0.05) is 12.7 Å². The Hall–Kier alpha value is -3.48. The molecule has 0 bridgehead atoms. The van der Waals surface area contributed by atoms with Crippen LogP contribution in [0.4, 0.5) is 17.6 Å². The lowest BCUT2D eigenvalue weighted by atomic mass is 10.2. The Bertz CT molecular complexity index is 935. The summed E-state index contributed by atoms with van der Waals surface area (Å²) in [6.07, 6.45) is 3.22. The van der Waals surface area contributed by atoms with Gasteiger partial charge in [-0.3, -0.25) is 0 Å². The largest absolute Gasteiger partial charge is 0.364 e. The van der Waals surface area contributed by atoms with Crippen LogP contribution in [0.5, 0.6) is 0 Å². The molecule has 0 aliphatic carbocycles. The van der Waals surface area contributed by atoms with Gasteiger partial charge in [0.05, 0.1) is 0 Å². The maximum absolute atomic E-state index is 4.43. The van der Waals surface area contributed by atoms with Crippen molar-refractivity contribution < 1.29 is 0 Å². The summed E-state index contributed by atoms with van der Waals surface area (Å²) >= 11 is 0. The van der Waals surface area contributed by atoms with E-state index in [1.807, 2.05) is 36.4 Å². The van der Waals surface area contributed by atoms with Crippen LogP contribution in [0.2, 0.25) is 0 Å². The lowest BCUT2D eigenvalue weighted by Crippen LogP contribution is -2.02. The maximum atomic E-state index is 4.43. The molecule has 24 heavy (non-hydrogen) atoms. The molecule has 0 amide bonds. The molecule has 0 saturated heterocycles. The number of benzene rings is 1. The normalized spacial score (nSPS) is 10.7. The van der Waals surface area contributed by atoms with E-state index >= 15 is 0 Å². The molecule has 4 rings (SSSR count). The lowest BCUT2D eigenvalue weighted by molar-refractivity contribution is 1.10. The highest BCUT2D eigenvalue weighted by molar-refractivity contribution is 5.84. The number of hydrogen-bond donors (Lipinski definition) is 3. The minimum atomic E-state index is 0.576. The molecule has 4 aromatic rings. The van der Waals surface area contributed by atoms with E-state index in [9.17, 15) is 0 Å². The van der Waals surface area contributed by atoms with Crippen molar-refractivity contribution in [3.8, 4) is 0 Å². The summed E-state index contributed by atoms with van der Waals surface area (Å²) in [6.45, 7) is 0.676. The molecule has 1 aromatic carbocycles. The molecule has 0 radical (unpaired) electrons. The first kappa shape index (κ1) is 14.1. The molecule has 0 unspecified atom stereocenters. The second-order valence-electron chi connectivity index (χ2n) is 5.19. The summed E-state index contributed by atoms with van der Waals surface area (Å²) in [5.74, 6) is 2.00. The third-order valence-corrected chi connectivity index (χ3v) is 3.50. The monoisotopic (exact) mass is 317 g/mol. The summed E-state index contributed by atoms with van der Waals surface area (Å²) in [5.41, 5.74) is 2.53. The van der Waals surface area contributed by atoms with E-state index in [0.29, 0.717) is 29.8 Å². The number of aromatic amines is 1. The molecule has 0 fully saturated rings. The number of H-pyrrole nitrogens is 1. The van der Waals surface area contributed by atoms with Crippen molar-refractivity contribution in [3.63, 3.8) is 0 Å². The molecule has 118 valence electrons. The zero-order valence-corrected chi connectivity index (χ0v) is 12.8. The van der Waals surface area contributed by atoms with Crippen molar-refractivity contribution >= 4 is 28.7 Å². The fraction of sp³-hybridized carbons (Fsp3) is 0.0588. The highest BCUT2D eigenvalue weighted by Crippen LogP contribution is 2.20. The summed E-state index contributed by atoms with van der Waals surface area (Å²) in [4.78, 5) is 20.4. The van der Waals surface area contributed by atoms with Crippen LogP contribution in [-0.2, 0) is 6.54 Å². The van der Waals surface area contributed by atoms with Gasteiger partial charge >= 0.3 is 0 Å². The van der Waals surface area contributed by atoms with Crippen molar-refractivity contribution in [2.24, 2.45) is 0 Å². The molecule has 3 heterocycles. The number of rotatable bonds is 5. The van der Waals surface area contributed by atoms with E-state index in [-0.39, 0.29) is 0 Å². The molecule has 3 aromatic heterocycles.